The fourth-order valence-corrected chi connectivity index (χ4v) is 2.48. The second-order valence-electron chi connectivity index (χ2n) is 5.45. The Hall–Kier alpha value is -3.03. The van der Waals surface area contributed by atoms with Crippen LogP contribution in [0.15, 0.2) is 23.1 Å². The summed E-state index contributed by atoms with van der Waals surface area (Å²) in [5.41, 5.74) is -0.0204. The van der Waals surface area contributed by atoms with E-state index >= 15 is 0 Å². The summed E-state index contributed by atoms with van der Waals surface area (Å²) in [6.07, 6.45) is 0.883. The van der Waals surface area contributed by atoms with Crippen molar-refractivity contribution in [2.45, 2.75) is 20.0 Å². The molecular formula is C17H17NO7. The largest absolute Gasteiger partial charge is 0.486 e. The van der Waals surface area contributed by atoms with Gasteiger partial charge in [-0.2, -0.15) is 0 Å². The standard InChI is InChI=1S/C17H17NO7/c1-3-22-17(21)12-6-18-13-5-15-14(4-11(13)16(12)20)24-8-10(25-15)7-23-9(2)19/h4-6,10H,3,7-8H2,1-2H3,(H,18,20). The maximum Gasteiger partial charge on any atom is 0.343 e. The fourth-order valence-electron chi connectivity index (χ4n) is 2.48. The number of pyridine rings is 1. The Kier molecular flexibility index (Phi) is 4.60. The maximum absolute atomic E-state index is 12.5. The lowest BCUT2D eigenvalue weighted by Crippen LogP contribution is -2.34. The molecule has 0 spiro atoms. The van der Waals surface area contributed by atoms with Gasteiger partial charge < -0.3 is 23.9 Å². The van der Waals surface area contributed by atoms with E-state index in [1.807, 2.05) is 0 Å². The molecule has 132 valence electrons. The van der Waals surface area contributed by atoms with Gasteiger partial charge in [-0.25, -0.2) is 4.79 Å². The second kappa shape index (κ2) is 6.84. The van der Waals surface area contributed by atoms with Gasteiger partial charge in [0.05, 0.1) is 17.5 Å². The Balaban J connectivity index is 1.92. The van der Waals surface area contributed by atoms with Crippen molar-refractivity contribution in [1.29, 1.82) is 0 Å². The van der Waals surface area contributed by atoms with Crippen LogP contribution in [0.3, 0.4) is 0 Å². The van der Waals surface area contributed by atoms with Gasteiger partial charge in [0.2, 0.25) is 5.43 Å². The zero-order valence-electron chi connectivity index (χ0n) is 13.8. The summed E-state index contributed by atoms with van der Waals surface area (Å²) in [4.78, 5) is 38.1. The van der Waals surface area contributed by atoms with Crippen LogP contribution in [0.1, 0.15) is 24.2 Å². The predicted molar refractivity (Wildman–Crippen MR) is 87.1 cm³/mol. The lowest BCUT2D eigenvalue weighted by atomic mass is 10.1. The van der Waals surface area contributed by atoms with Crippen LogP contribution in [0.4, 0.5) is 0 Å². The Morgan fingerprint density at radius 3 is 2.80 bits per heavy atom. The third-order valence-corrected chi connectivity index (χ3v) is 3.63. The molecule has 1 aromatic heterocycles. The van der Waals surface area contributed by atoms with E-state index in [0.29, 0.717) is 22.4 Å². The summed E-state index contributed by atoms with van der Waals surface area (Å²) in [6.45, 7) is 3.42. The second-order valence-corrected chi connectivity index (χ2v) is 5.45. The van der Waals surface area contributed by atoms with Gasteiger partial charge in [0.25, 0.3) is 0 Å². The molecule has 1 aromatic carbocycles. The SMILES string of the molecule is CCOC(=O)c1c[nH]c2cc3c(cc2c1=O)OCC(COC(C)=O)O3. The van der Waals surface area contributed by atoms with Crippen molar-refractivity contribution in [3.8, 4) is 11.5 Å². The lowest BCUT2D eigenvalue weighted by molar-refractivity contribution is -0.144. The van der Waals surface area contributed by atoms with Gasteiger partial charge in [0.1, 0.15) is 18.8 Å². The fraction of sp³-hybridized carbons (Fsp3) is 0.353. The number of carbonyl (C=O) groups excluding carboxylic acids is 2. The number of rotatable bonds is 4. The minimum atomic E-state index is -0.679. The van der Waals surface area contributed by atoms with Crippen molar-refractivity contribution >= 4 is 22.8 Å². The third kappa shape index (κ3) is 3.42. The lowest BCUT2D eigenvalue weighted by Gasteiger charge is -2.26. The van der Waals surface area contributed by atoms with E-state index in [4.69, 9.17) is 18.9 Å². The molecule has 2 aromatic rings. The molecule has 0 bridgehead atoms. The molecule has 8 heteroatoms. The van der Waals surface area contributed by atoms with Crippen LogP contribution in [0.5, 0.6) is 11.5 Å². The van der Waals surface area contributed by atoms with E-state index in [1.54, 1.807) is 13.0 Å². The van der Waals surface area contributed by atoms with E-state index in [0.717, 1.165) is 0 Å². The third-order valence-electron chi connectivity index (χ3n) is 3.63. The maximum atomic E-state index is 12.5. The average molecular weight is 347 g/mol. The Labute approximate surface area is 142 Å². The van der Waals surface area contributed by atoms with Crippen LogP contribution in [-0.4, -0.2) is 42.8 Å². The first kappa shape index (κ1) is 16.8. The van der Waals surface area contributed by atoms with Gasteiger partial charge in [-0.3, -0.25) is 9.59 Å². The first-order valence-electron chi connectivity index (χ1n) is 7.79. The molecule has 1 unspecified atom stereocenters. The molecule has 25 heavy (non-hydrogen) atoms. The number of nitrogens with one attached hydrogen (secondary N) is 1. The summed E-state index contributed by atoms with van der Waals surface area (Å²) < 4.78 is 21.1. The van der Waals surface area contributed by atoms with Gasteiger partial charge in [-0.15, -0.1) is 0 Å². The molecule has 0 radical (unpaired) electrons. The molecule has 0 saturated carbocycles. The number of fused-ring (bicyclic) bond motifs is 2. The number of benzene rings is 1. The van der Waals surface area contributed by atoms with Crippen LogP contribution in [0.2, 0.25) is 0 Å². The normalized spacial score (nSPS) is 15.7. The zero-order chi connectivity index (χ0) is 18.0. The highest BCUT2D eigenvalue weighted by Gasteiger charge is 2.24. The van der Waals surface area contributed by atoms with Crippen LogP contribution in [0.25, 0.3) is 10.9 Å². The van der Waals surface area contributed by atoms with Crippen molar-refractivity contribution in [1.82, 2.24) is 4.98 Å². The number of ether oxygens (including phenoxy) is 4. The van der Waals surface area contributed by atoms with E-state index in [-0.39, 0.29) is 25.4 Å². The van der Waals surface area contributed by atoms with Crippen molar-refractivity contribution in [2.75, 3.05) is 19.8 Å². The van der Waals surface area contributed by atoms with Gasteiger partial charge >= 0.3 is 11.9 Å². The Morgan fingerprint density at radius 2 is 2.08 bits per heavy atom. The molecule has 1 atom stereocenters. The number of H-pyrrole nitrogens is 1. The van der Waals surface area contributed by atoms with Crippen LogP contribution in [0, 0.1) is 0 Å². The summed E-state index contributed by atoms with van der Waals surface area (Å²) in [5.74, 6) is -0.265. The molecule has 0 fully saturated rings. The number of aromatic amines is 1. The molecule has 8 nitrogen and oxygen atoms in total. The number of hydrogen-bond acceptors (Lipinski definition) is 7. The molecular weight excluding hydrogens is 330 g/mol. The number of aromatic nitrogens is 1. The van der Waals surface area contributed by atoms with Gasteiger partial charge in [0.15, 0.2) is 17.6 Å². The quantitative estimate of drug-likeness (QED) is 0.834. The van der Waals surface area contributed by atoms with Crippen LogP contribution < -0.4 is 14.9 Å². The van der Waals surface area contributed by atoms with E-state index in [2.05, 4.69) is 4.98 Å². The molecule has 3 rings (SSSR count). The van der Waals surface area contributed by atoms with E-state index in [9.17, 15) is 14.4 Å². The zero-order valence-corrected chi connectivity index (χ0v) is 13.8. The summed E-state index contributed by atoms with van der Waals surface area (Å²) >= 11 is 0. The molecule has 0 saturated heterocycles. The number of esters is 2. The number of hydrogen-bond donors (Lipinski definition) is 1. The first-order valence-corrected chi connectivity index (χ1v) is 7.79. The van der Waals surface area contributed by atoms with Crippen LogP contribution in [-0.2, 0) is 14.3 Å². The van der Waals surface area contributed by atoms with Crippen molar-refractivity contribution in [3.63, 3.8) is 0 Å². The van der Waals surface area contributed by atoms with Gasteiger partial charge in [0, 0.05) is 19.2 Å². The summed E-state index contributed by atoms with van der Waals surface area (Å²) in [7, 11) is 0. The number of carbonyl (C=O) groups is 2. The highest BCUT2D eigenvalue weighted by atomic mass is 16.6. The molecule has 0 aliphatic carbocycles. The summed E-state index contributed by atoms with van der Waals surface area (Å²) in [6, 6.07) is 3.13. The first-order chi connectivity index (χ1) is 12.0. The predicted octanol–water partition coefficient (Wildman–Crippen LogP) is 1.41. The van der Waals surface area contributed by atoms with Gasteiger partial charge in [-0.1, -0.05) is 0 Å². The average Bonchev–Trinajstić information content (AvgIpc) is 2.59. The summed E-state index contributed by atoms with van der Waals surface area (Å²) in [5, 5.41) is 0.298. The molecule has 1 aliphatic heterocycles. The highest BCUT2D eigenvalue weighted by Crippen LogP contribution is 2.34. The molecule has 2 heterocycles. The Morgan fingerprint density at radius 1 is 1.28 bits per heavy atom. The molecule has 1 N–H and O–H groups in total. The Bertz CT molecular complexity index is 886. The smallest absolute Gasteiger partial charge is 0.343 e. The minimum Gasteiger partial charge on any atom is -0.486 e. The van der Waals surface area contributed by atoms with E-state index in [1.165, 1.54) is 19.2 Å². The van der Waals surface area contributed by atoms with Gasteiger partial charge in [-0.05, 0) is 13.0 Å². The minimum absolute atomic E-state index is 0.0706. The molecule has 0 amide bonds. The highest BCUT2D eigenvalue weighted by molar-refractivity contribution is 5.94. The van der Waals surface area contributed by atoms with Crippen molar-refractivity contribution in [3.05, 3.63) is 34.1 Å². The monoisotopic (exact) mass is 347 g/mol. The van der Waals surface area contributed by atoms with Crippen molar-refractivity contribution in [2.24, 2.45) is 0 Å². The topological polar surface area (TPSA) is 104 Å². The van der Waals surface area contributed by atoms with Crippen molar-refractivity contribution < 1.29 is 28.5 Å². The van der Waals surface area contributed by atoms with E-state index < -0.39 is 23.5 Å². The van der Waals surface area contributed by atoms with Crippen LogP contribution >= 0.6 is 0 Å². The molecule has 1 aliphatic rings.